The Morgan fingerprint density at radius 2 is 1.89 bits per heavy atom. The van der Waals surface area contributed by atoms with Gasteiger partial charge >= 0.3 is 5.97 Å². The molecule has 5 heteroatoms. The maximum absolute atomic E-state index is 11.1. The smallest absolute Gasteiger partial charge is 0.309 e. The molecule has 100 valence electrons. The largest absolute Gasteiger partial charge is 0.497 e. The third-order valence-electron chi connectivity index (χ3n) is 2.38. The molecule has 0 amide bonds. The van der Waals surface area contributed by atoms with Gasteiger partial charge in [-0.1, -0.05) is 0 Å². The van der Waals surface area contributed by atoms with Crippen LogP contribution in [0.25, 0.3) is 0 Å². The van der Waals surface area contributed by atoms with Gasteiger partial charge < -0.3 is 18.9 Å². The van der Waals surface area contributed by atoms with Crippen LogP contribution in [0.4, 0.5) is 0 Å². The number of ether oxygens (including phenoxy) is 4. The molecular formula is C13H18O5. The van der Waals surface area contributed by atoms with Gasteiger partial charge in [0.25, 0.3) is 0 Å². The van der Waals surface area contributed by atoms with Crippen molar-refractivity contribution in [1.29, 1.82) is 0 Å². The van der Waals surface area contributed by atoms with Gasteiger partial charge in [-0.3, -0.25) is 4.79 Å². The minimum Gasteiger partial charge on any atom is -0.497 e. The SMILES string of the molecule is COC(=O)C[C@H](C)Oc1cc(OC)ccc1OC. The normalized spacial score (nSPS) is 11.6. The molecule has 0 radical (unpaired) electrons. The van der Waals surface area contributed by atoms with Crippen molar-refractivity contribution in [3.63, 3.8) is 0 Å². The lowest BCUT2D eigenvalue weighted by atomic mass is 10.2. The van der Waals surface area contributed by atoms with Gasteiger partial charge in [-0.25, -0.2) is 0 Å². The van der Waals surface area contributed by atoms with Crippen LogP contribution in [0.2, 0.25) is 0 Å². The summed E-state index contributed by atoms with van der Waals surface area (Å²) in [5, 5.41) is 0. The third kappa shape index (κ3) is 3.84. The summed E-state index contributed by atoms with van der Waals surface area (Å²) in [6.45, 7) is 1.79. The second-order valence-corrected chi connectivity index (χ2v) is 3.73. The molecule has 0 saturated heterocycles. The number of carbonyl (C=O) groups is 1. The van der Waals surface area contributed by atoms with Crippen LogP contribution in [-0.2, 0) is 9.53 Å². The molecule has 0 aromatic heterocycles. The van der Waals surface area contributed by atoms with E-state index < -0.39 is 0 Å². The number of hydrogen-bond donors (Lipinski definition) is 0. The van der Waals surface area contributed by atoms with Gasteiger partial charge in [0.1, 0.15) is 11.9 Å². The van der Waals surface area contributed by atoms with E-state index in [1.54, 1.807) is 39.3 Å². The molecule has 1 rings (SSSR count). The van der Waals surface area contributed by atoms with E-state index in [1.165, 1.54) is 7.11 Å². The first-order chi connectivity index (χ1) is 8.60. The summed E-state index contributed by atoms with van der Waals surface area (Å²) < 4.78 is 20.5. The number of benzene rings is 1. The van der Waals surface area contributed by atoms with E-state index in [9.17, 15) is 4.79 Å². The zero-order valence-corrected chi connectivity index (χ0v) is 11.1. The van der Waals surface area contributed by atoms with Crippen molar-refractivity contribution in [2.75, 3.05) is 21.3 Å². The number of hydrogen-bond acceptors (Lipinski definition) is 5. The number of esters is 1. The maximum Gasteiger partial charge on any atom is 0.309 e. The second-order valence-electron chi connectivity index (χ2n) is 3.73. The van der Waals surface area contributed by atoms with Crippen LogP contribution >= 0.6 is 0 Å². The van der Waals surface area contributed by atoms with E-state index in [-0.39, 0.29) is 18.5 Å². The Morgan fingerprint density at radius 1 is 1.17 bits per heavy atom. The third-order valence-corrected chi connectivity index (χ3v) is 2.38. The zero-order chi connectivity index (χ0) is 13.5. The van der Waals surface area contributed by atoms with Gasteiger partial charge in [-0.05, 0) is 19.1 Å². The van der Waals surface area contributed by atoms with E-state index in [1.807, 2.05) is 0 Å². The first-order valence-electron chi connectivity index (χ1n) is 5.56. The highest BCUT2D eigenvalue weighted by Crippen LogP contribution is 2.32. The van der Waals surface area contributed by atoms with Crippen LogP contribution < -0.4 is 14.2 Å². The zero-order valence-electron chi connectivity index (χ0n) is 11.1. The summed E-state index contributed by atoms with van der Waals surface area (Å²) in [4.78, 5) is 11.1. The van der Waals surface area contributed by atoms with E-state index in [0.29, 0.717) is 17.2 Å². The van der Waals surface area contributed by atoms with Crippen molar-refractivity contribution in [2.45, 2.75) is 19.4 Å². The lowest BCUT2D eigenvalue weighted by Crippen LogP contribution is -2.18. The van der Waals surface area contributed by atoms with Crippen LogP contribution in [0.1, 0.15) is 13.3 Å². The second kappa shape index (κ2) is 6.74. The van der Waals surface area contributed by atoms with E-state index in [4.69, 9.17) is 14.2 Å². The summed E-state index contributed by atoms with van der Waals surface area (Å²) in [6.07, 6.45) is -0.130. The van der Waals surface area contributed by atoms with E-state index >= 15 is 0 Å². The molecule has 18 heavy (non-hydrogen) atoms. The van der Waals surface area contributed by atoms with Crippen molar-refractivity contribution in [3.05, 3.63) is 18.2 Å². The molecule has 0 spiro atoms. The van der Waals surface area contributed by atoms with Crippen molar-refractivity contribution >= 4 is 5.97 Å². The average Bonchev–Trinajstić information content (AvgIpc) is 2.38. The Morgan fingerprint density at radius 3 is 2.44 bits per heavy atom. The maximum atomic E-state index is 11.1. The summed E-state index contributed by atoms with van der Waals surface area (Å²) in [6, 6.07) is 5.24. The van der Waals surface area contributed by atoms with Crippen molar-refractivity contribution in [1.82, 2.24) is 0 Å². The molecule has 0 aliphatic rings. The van der Waals surface area contributed by atoms with Gasteiger partial charge in [0.2, 0.25) is 0 Å². The van der Waals surface area contributed by atoms with E-state index in [2.05, 4.69) is 4.74 Å². The summed E-state index contributed by atoms with van der Waals surface area (Å²) in [5.74, 6) is 1.47. The Hall–Kier alpha value is -1.91. The Labute approximate surface area is 107 Å². The lowest BCUT2D eigenvalue weighted by Gasteiger charge is -2.16. The molecule has 1 aromatic carbocycles. The fourth-order valence-electron chi connectivity index (χ4n) is 1.45. The first-order valence-corrected chi connectivity index (χ1v) is 5.56. The minimum absolute atomic E-state index is 0.177. The van der Waals surface area contributed by atoms with Gasteiger partial charge in [0.05, 0.1) is 27.8 Å². The van der Waals surface area contributed by atoms with Gasteiger partial charge in [0.15, 0.2) is 11.5 Å². The number of rotatable bonds is 6. The quantitative estimate of drug-likeness (QED) is 0.727. The van der Waals surface area contributed by atoms with Gasteiger partial charge in [0, 0.05) is 6.07 Å². The van der Waals surface area contributed by atoms with Crippen molar-refractivity contribution in [2.24, 2.45) is 0 Å². The molecule has 0 aliphatic carbocycles. The molecule has 0 saturated carbocycles. The Balaban J connectivity index is 2.78. The predicted octanol–water partition coefficient (Wildman–Crippen LogP) is 2.03. The van der Waals surface area contributed by atoms with Gasteiger partial charge in [-0.2, -0.15) is 0 Å². The highest BCUT2D eigenvalue weighted by molar-refractivity contribution is 5.69. The highest BCUT2D eigenvalue weighted by Gasteiger charge is 2.14. The van der Waals surface area contributed by atoms with Crippen LogP contribution in [-0.4, -0.2) is 33.4 Å². The molecule has 0 heterocycles. The summed E-state index contributed by atoms with van der Waals surface area (Å²) in [7, 11) is 4.48. The van der Waals surface area contributed by atoms with Crippen molar-refractivity contribution < 1.29 is 23.7 Å². The minimum atomic E-state index is -0.315. The number of carbonyl (C=O) groups excluding carboxylic acids is 1. The monoisotopic (exact) mass is 254 g/mol. The van der Waals surface area contributed by atoms with Crippen LogP contribution in [0.3, 0.4) is 0 Å². The van der Waals surface area contributed by atoms with Crippen LogP contribution in [0, 0.1) is 0 Å². The molecule has 1 atom stereocenters. The molecule has 0 unspecified atom stereocenters. The molecule has 5 nitrogen and oxygen atoms in total. The Kier molecular flexibility index (Phi) is 5.30. The Bertz CT molecular complexity index is 402. The fourth-order valence-corrected chi connectivity index (χ4v) is 1.45. The number of methoxy groups -OCH3 is 3. The summed E-state index contributed by atoms with van der Waals surface area (Å²) in [5.41, 5.74) is 0. The topological polar surface area (TPSA) is 54.0 Å². The molecule has 0 N–H and O–H groups in total. The molecule has 0 bridgehead atoms. The van der Waals surface area contributed by atoms with Crippen LogP contribution in [0.15, 0.2) is 18.2 Å². The first kappa shape index (κ1) is 14.2. The molecule has 1 aromatic rings. The predicted molar refractivity (Wildman–Crippen MR) is 66.3 cm³/mol. The fraction of sp³-hybridized carbons (Fsp3) is 0.462. The molecule has 0 fully saturated rings. The van der Waals surface area contributed by atoms with Gasteiger partial charge in [-0.15, -0.1) is 0 Å². The van der Waals surface area contributed by atoms with Crippen LogP contribution in [0.5, 0.6) is 17.2 Å². The molecule has 0 aliphatic heterocycles. The summed E-state index contributed by atoms with van der Waals surface area (Å²) >= 11 is 0. The standard InChI is InChI=1S/C13H18O5/c1-9(7-13(14)17-4)18-12-8-10(15-2)5-6-11(12)16-3/h5-6,8-9H,7H2,1-4H3/t9-/m0/s1. The molecular weight excluding hydrogens is 236 g/mol. The van der Waals surface area contributed by atoms with Crippen molar-refractivity contribution in [3.8, 4) is 17.2 Å². The lowest BCUT2D eigenvalue weighted by molar-refractivity contribution is -0.142. The van der Waals surface area contributed by atoms with E-state index in [0.717, 1.165) is 0 Å². The highest BCUT2D eigenvalue weighted by atomic mass is 16.5. The average molecular weight is 254 g/mol.